The zero-order valence-electron chi connectivity index (χ0n) is 15.8. The first-order valence-electron chi connectivity index (χ1n) is 10.1. The summed E-state index contributed by atoms with van der Waals surface area (Å²) in [5, 5.41) is 0.976. The maximum atomic E-state index is 13.0. The molecule has 0 bridgehead atoms. The number of nitrogens with zero attached hydrogens (tertiary/aromatic N) is 3. The normalized spacial score (nSPS) is 18.2. The van der Waals surface area contributed by atoms with Crippen LogP contribution in [0.15, 0.2) is 36.5 Å². The molecule has 1 aromatic heterocycles. The highest BCUT2D eigenvalue weighted by atomic mass is 16.2. The van der Waals surface area contributed by atoms with Gasteiger partial charge < -0.3 is 9.80 Å². The van der Waals surface area contributed by atoms with Crippen molar-refractivity contribution < 1.29 is 9.59 Å². The number of pyridine rings is 1. The summed E-state index contributed by atoms with van der Waals surface area (Å²) in [6, 6.07) is 9.57. The Morgan fingerprint density at radius 1 is 0.963 bits per heavy atom. The van der Waals surface area contributed by atoms with Crippen molar-refractivity contribution in [1.29, 1.82) is 0 Å². The second kappa shape index (κ2) is 8.07. The first-order valence-corrected chi connectivity index (χ1v) is 10.1. The van der Waals surface area contributed by atoms with Crippen LogP contribution in [0, 0.1) is 5.92 Å². The molecule has 4 rings (SSSR count). The number of benzene rings is 1. The third-order valence-corrected chi connectivity index (χ3v) is 6.02. The van der Waals surface area contributed by atoms with Gasteiger partial charge in [0.15, 0.2) is 0 Å². The molecular weight excluding hydrogens is 338 g/mol. The van der Waals surface area contributed by atoms with E-state index < -0.39 is 0 Å². The van der Waals surface area contributed by atoms with Gasteiger partial charge in [0.25, 0.3) is 5.91 Å². The number of hydrogen-bond donors (Lipinski definition) is 0. The Hall–Kier alpha value is -2.43. The quantitative estimate of drug-likeness (QED) is 0.833. The Labute approximate surface area is 160 Å². The van der Waals surface area contributed by atoms with Crippen molar-refractivity contribution in [2.75, 3.05) is 26.2 Å². The molecule has 0 spiro atoms. The average Bonchev–Trinajstić information content (AvgIpc) is 3.25. The summed E-state index contributed by atoms with van der Waals surface area (Å²) in [4.78, 5) is 33.6. The van der Waals surface area contributed by atoms with Crippen molar-refractivity contribution in [3.63, 3.8) is 0 Å². The predicted molar refractivity (Wildman–Crippen MR) is 105 cm³/mol. The third-order valence-electron chi connectivity index (χ3n) is 6.02. The van der Waals surface area contributed by atoms with Crippen LogP contribution in [0.2, 0.25) is 0 Å². The summed E-state index contributed by atoms with van der Waals surface area (Å²) < 4.78 is 0. The van der Waals surface area contributed by atoms with E-state index in [2.05, 4.69) is 4.98 Å². The molecule has 2 amide bonds. The Kier molecular flexibility index (Phi) is 5.37. The highest BCUT2D eigenvalue weighted by Crippen LogP contribution is 2.28. The molecule has 5 nitrogen and oxygen atoms in total. The summed E-state index contributed by atoms with van der Waals surface area (Å²) in [5.41, 5.74) is 1.40. The first kappa shape index (κ1) is 18.0. The SMILES string of the molecule is O=C(CCC1CCCC1)N1CCN(C(=O)c2cccc3cccnc23)CC1. The van der Waals surface area contributed by atoms with E-state index >= 15 is 0 Å². The van der Waals surface area contributed by atoms with Crippen LogP contribution in [-0.2, 0) is 4.79 Å². The van der Waals surface area contributed by atoms with Crippen molar-refractivity contribution in [3.05, 3.63) is 42.1 Å². The van der Waals surface area contributed by atoms with E-state index in [4.69, 9.17) is 0 Å². The predicted octanol–water partition coefficient (Wildman–Crippen LogP) is 3.49. The van der Waals surface area contributed by atoms with E-state index in [9.17, 15) is 9.59 Å². The second-order valence-corrected chi connectivity index (χ2v) is 7.74. The molecule has 2 aromatic rings. The van der Waals surface area contributed by atoms with Crippen LogP contribution in [0.4, 0.5) is 0 Å². The lowest BCUT2D eigenvalue weighted by Gasteiger charge is -2.35. The molecule has 1 saturated carbocycles. The lowest BCUT2D eigenvalue weighted by molar-refractivity contribution is -0.133. The fourth-order valence-electron chi connectivity index (χ4n) is 4.39. The molecule has 0 unspecified atom stereocenters. The fourth-order valence-corrected chi connectivity index (χ4v) is 4.39. The van der Waals surface area contributed by atoms with Crippen LogP contribution in [0.1, 0.15) is 48.9 Å². The molecule has 2 aliphatic rings. The highest BCUT2D eigenvalue weighted by Gasteiger charge is 2.26. The Balaban J connectivity index is 1.34. The van der Waals surface area contributed by atoms with E-state index in [1.807, 2.05) is 40.1 Å². The average molecular weight is 365 g/mol. The van der Waals surface area contributed by atoms with Gasteiger partial charge in [0, 0.05) is 44.2 Å². The third kappa shape index (κ3) is 3.97. The van der Waals surface area contributed by atoms with Crippen molar-refractivity contribution in [3.8, 4) is 0 Å². The summed E-state index contributed by atoms with van der Waals surface area (Å²) in [6.45, 7) is 2.45. The summed E-state index contributed by atoms with van der Waals surface area (Å²) in [6.07, 6.45) is 8.63. The van der Waals surface area contributed by atoms with Gasteiger partial charge in [-0.2, -0.15) is 0 Å². The molecule has 27 heavy (non-hydrogen) atoms. The largest absolute Gasteiger partial charge is 0.339 e. The zero-order valence-corrected chi connectivity index (χ0v) is 15.8. The maximum Gasteiger partial charge on any atom is 0.256 e. The molecule has 0 N–H and O–H groups in total. The topological polar surface area (TPSA) is 53.5 Å². The van der Waals surface area contributed by atoms with Crippen molar-refractivity contribution in [1.82, 2.24) is 14.8 Å². The van der Waals surface area contributed by atoms with Crippen LogP contribution >= 0.6 is 0 Å². The molecular formula is C22H27N3O2. The number of amides is 2. The molecule has 5 heteroatoms. The molecule has 1 aromatic carbocycles. The highest BCUT2D eigenvalue weighted by molar-refractivity contribution is 6.05. The second-order valence-electron chi connectivity index (χ2n) is 7.74. The van der Waals surface area contributed by atoms with Crippen LogP contribution in [0.3, 0.4) is 0 Å². The molecule has 0 radical (unpaired) electrons. The molecule has 2 heterocycles. The van der Waals surface area contributed by atoms with Gasteiger partial charge in [-0.3, -0.25) is 14.6 Å². The smallest absolute Gasteiger partial charge is 0.256 e. The van der Waals surface area contributed by atoms with Crippen molar-refractivity contribution in [2.45, 2.75) is 38.5 Å². The van der Waals surface area contributed by atoms with Gasteiger partial charge in [0.1, 0.15) is 0 Å². The Morgan fingerprint density at radius 3 is 2.44 bits per heavy atom. The summed E-state index contributed by atoms with van der Waals surface area (Å²) in [7, 11) is 0. The van der Waals surface area contributed by atoms with Gasteiger partial charge in [-0.25, -0.2) is 0 Å². The summed E-state index contributed by atoms with van der Waals surface area (Å²) in [5.74, 6) is 1.01. The molecule has 1 aliphatic carbocycles. The van der Waals surface area contributed by atoms with Gasteiger partial charge >= 0.3 is 0 Å². The van der Waals surface area contributed by atoms with E-state index in [1.165, 1.54) is 25.7 Å². The number of rotatable bonds is 4. The minimum absolute atomic E-state index is 0.0114. The standard InChI is InChI=1S/C22H27N3O2/c26-20(11-10-17-5-1-2-6-17)24-13-15-25(16-14-24)22(27)19-9-3-7-18-8-4-12-23-21(18)19/h3-4,7-9,12,17H,1-2,5-6,10-11,13-16H2. The van der Waals surface area contributed by atoms with Crippen LogP contribution in [-0.4, -0.2) is 52.8 Å². The van der Waals surface area contributed by atoms with E-state index in [1.54, 1.807) is 6.20 Å². The zero-order chi connectivity index (χ0) is 18.6. The number of fused-ring (bicyclic) bond motifs is 1. The van der Waals surface area contributed by atoms with E-state index in [0.717, 1.165) is 23.2 Å². The lowest BCUT2D eigenvalue weighted by Crippen LogP contribution is -2.50. The molecule has 2 fully saturated rings. The number of aromatic nitrogens is 1. The van der Waals surface area contributed by atoms with Crippen molar-refractivity contribution >= 4 is 22.7 Å². The van der Waals surface area contributed by atoms with Gasteiger partial charge in [0.05, 0.1) is 11.1 Å². The minimum atomic E-state index is 0.0114. The van der Waals surface area contributed by atoms with Gasteiger partial charge in [0.2, 0.25) is 5.91 Å². The fraction of sp³-hybridized carbons (Fsp3) is 0.500. The number of carbonyl (C=O) groups excluding carboxylic acids is 2. The van der Waals surface area contributed by atoms with Gasteiger partial charge in [-0.15, -0.1) is 0 Å². The van der Waals surface area contributed by atoms with Crippen LogP contribution < -0.4 is 0 Å². The van der Waals surface area contributed by atoms with E-state index in [-0.39, 0.29) is 11.8 Å². The minimum Gasteiger partial charge on any atom is -0.339 e. The number of carbonyl (C=O) groups is 2. The first-order chi connectivity index (χ1) is 13.2. The van der Waals surface area contributed by atoms with Crippen LogP contribution in [0.25, 0.3) is 10.9 Å². The Morgan fingerprint density at radius 2 is 1.67 bits per heavy atom. The number of piperazine rings is 1. The summed E-state index contributed by atoms with van der Waals surface area (Å²) >= 11 is 0. The molecule has 142 valence electrons. The monoisotopic (exact) mass is 365 g/mol. The van der Waals surface area contributed by atoms with Crippen molar-refractivity contribution in [2.24, 2.45) is 5.92 Å². The van der Waals surface area contributed by atoms with Gasteiger partial charge in [-0.1, -0.05) is 43.9 Å². The van der Waals surface area contributed by atoms with Crippen LogP contribution in [0.5, 0.6) is 0 Å². The lowest BCUT2D eigenvalue weighted by atomic mass is 10.0. The Bertz CT molecular complexity index is 816. The molecule has 1 saturated heterocycles. The van der Waals surface area contributed by atoms with Gasteiger partial charge in [-0.05, 0) is 24.5 Å². The van der Waals surface area contributed by atoms with E-state index in [0.29, 0.717) is 38.2 Å². The number of para-hydroxylation sites is 1. The number of hydrogen-bond acceptors (Lipinski definition) is 3. The molecule has 1 aliphatic heterocycles. The maximum absolute atomic E-state index is 13.0. The molecule has 0 atom stereocenters.